The van der Waals surface area contributed by atoms with E-state index in [4.69, 9.17) is 4.74 Å². The van der Waals surface area contributed by atoms with Gasteiger partial charge in [0.25, 0.3) is 0 Å². The summed E-state index contributed by atoms with van der Waals surface area (Å²) in [6.07, 6.45) is 4.04. The summed E-state index contributed by atoms with van der Waals surface area (Å²) in [6, 6.07) is 2.14. The predicted octanol–water partition coefficient (Wildman–Crippen LogP) is 3.22. The Hall–Kier alpha value is -1.30. The molecular formula is C13H21NO2. The highest BCUT2D eigenvalue weighted by Crippen LogP contribution is 2.33. The number of hydrogen-bond donors (Lipinski definition) is 0. The Bertz CT molecular complexity index is 302. The minimum absolute atomic E-state index is 0.311. The number of allylic oxidation sites excluding steroid dienone is 1. The van der Waals surface area contributed by atoms with Crippen molar-refractivity contribution in [1.29, 1.82) is 5.26 Å². The van der Waals surface area contributed by atoms with Crippen molar-refractivity contribution >= 4 is 5.97 Å². The fourth-order valence-electron chi connectivity index (χ4n) is 1.76. The first kappa shape index (κ1) is 14.7. The summed E-state index contributed by atoms with van der Waals surface area (Å²) in [5, 5.41) is 9.31. The van der Waals surface area contributed by atoms with Crippen molar-refractivity contribution < 1.29 is 9.53 Å². The van der Waals surface area contributed by atoms with Crippen LogP contribution >= 0.6 is 0 Å². The molecule has 0 radical (unpaired) electrons. The van der Waals surface area contributed by atoms with E-state index < -0.39 is 11.4 Å². The highest BCUT2D eigenvalue weighted by atomic mass is 16.5. The largest absolute Gasteiger partial charge is 0.465 e. The highest BCUT2D eigenvalue weighted by molar-refractivity contribution is 5.83. The van der Waals surface area contributed by atoms with E-state index >= 15 is 0 Å². The molecule has 0 spiro atoms. The van der Waals surface area contributed by atoms with Gasteiger partial charge >= 0.3 is 5.97 Å². The summed E-state index contributed by atoms with van der Waals surface area (Å²) >= 11 is 0. The Morgan fingerprint density at radius 3 is 2.44 bits per heavy atom. The van der Waals surface area contributed by atoms with Gasteiger partial charge in [-0.05, 0) is 32.3 Å². The van der Waals surface area contributed by atoms with Crippen LogP contribution in [0.1, 0.15) is 47.0 Å². The molecule has 0 bridgehead atoms. The topological polar surface area (TPSA) is 50.1 Å². The van der Waals surface area contributed by atoms with Crippen LogP contribution in [0.4, 0.5) is 0 Å². The van der Waals surface area contributed by atoms with Gasteiger partial charge < -0.3 is 4.74 Å². The SMILES string of the molecule is CCC=C(C)C(C#N)(CCC)C(=O)OCC. The van der Waals surface area contributed by atoms with Crippen LogP contribution in [0.25, 0.3) is 0 Å². The number of esters is 1. The van der Waals surface area contributed by atoms with E-state index in [9.17, 15) is 10.1 Å². The number of hydrogen-bond acceptors (Lipinski definition) is 3. The van der Waals surface area contributed by atoms with Crippen LogP contribution in [-0.4, -0.2) is 12.6 Å². The van der Waals surface area contributed by atoms with Gasteiger partial charge in [-0.2, -0.15) is 5.26 Å². The fourth-order valence-corrected chi connectivity index (χ4v) is 1.76. The average molecular weight is 223 g/mol. The summed E-state index contributed by atoms with van der Waals surface area (Å²) in [6.45, 7) is 7.85. The molecule has 0 amide bonds. The summed E-state index contributed by atoms with van der Waals surface area (Å²) in [5.41, 5.74) is -0.279. The third kappa shape index (κ3) is 3.10. The smallest absolute Gasteiger partial charge is 0.330 e. The molecule has 0 aliphatic heterocycles. The molecule has 0 N–H and O–H groups in total. The molecule has 0 aliphatic carbocycles. The minimum atomic E-state index is -1.08. The van der Waals surface area contributed by atoms with Gasteiger partial charge in [0, 0.05) is 0 Å². The minimum Gasteiger partial charge on any atom is -0.465 e. The van der Waals surface area contributed by atoms with E-state index in [1.54, 1.807) is 6.92 Å². The van der Waals surface area contributed by atoms with Crippen LogP contribution in [0.2, 0.25) is 0 Å². The van der Waals surface area contributed by atoms with Gasteiger partial charge in [-0.15, -0.1) is 0 Å². The Labute approximate surface area is 98.1 Å². The summed E-state index contributed by atoms with van der Waals surface area (Å²) in [5.74, 6) is -0.415. The number of carbonyl (C=O) groups excluding carboxylic acids is 1. The van der Waals surface area contributed by atoms with Crippen molar-refractivity contribution in [3.05, 3.63) is 11.6 Å². The van der Waals surface area contributed by atoms with Crippen LogP contribution < -0.4 is 0 Å². The van der Waals surface area contributed by atoms with E-state index in [0.717, 1.165) is 18.4 Å². The third-order valence-corrected chi connectivity index (χ3v) is 2.62. The molecule has 16 heavy (non-hydrogen) atoms. The van der Waals surface area contributed by atoms with Crippen LogP contribution in [0.15, 0.2) is 11.6 Å². The van der Waals surface area contributed by atoms with Gasteiger partial charge in [0.05, 0.1) is 12.7 Å². The molecule has 90 valence electrons. The van der Waals surface area contributed by atoms with Gasteiger partial charge in [0.2, 0.25) is 0 Å². The number of rotatable bonds is 6. The molecule has 0 saturated heterocycles. The maximum atomic E-state index is 11.9. The molecule has 3 heteroatoms. The maximum absolute atomic E-state index is 11.9. The molecule has 1 unspecified atom stereocenters. The second-order valence-corrected chi connectivity index (χ2v) is 3.78. The zero-order chi connectivity index (χ0) is 12.6. The average Bonchev–Trinajstić information content (AvgIpc) is 2.26. The first-order valence-corrected chi connectivity index (χ1v) is 5.84. The van der Waals surface area contributed by atoms with Crippen molar-refractivity contribution in [3.63, 3.8) is 0 Å². The molecule has 0 aliphatic rings. The van der Waals surface area contributed by atoms with E-state index in [1.165, 1.54) is 0 Å². The molecule has 0 aromatic carbocycles. The second kappa shape index (κ2) is 7.05. The molecule has 0 fully saturated rings. The molecule has 1 atom stereocenters. The molecular weight excluding hydrogens is 202 g/mol. The van der Waals surface area contributed by atoms with Crippen molar-refractivity contribution in [2.45, 2.75) is 47.0 Å². The quantitative estimate of drug-likeness (QED) is 0.513. The normalized spacial score (nSPS) is 15.1. The van der Waals surface area contributed by atoms with Gasteiger partial charge in [0.1, 0.15) is 0 Å². The lowest BCUT2D eigenvalue weighted by molar-refractivity contribution is -0.150. The molecule has 3 nitrogen and oxygen atoms in total. The Kier molecular flexibility index (Phi) is 6.48. The third-order valence-electron chi connectivity index (χ3n) is 2.62. The van der Waals surface area contributed by atoms with Crippen LogP contribution in [0.3, 0.4) is 0 Å². The van der Waals surface area contributed by atoms with Crippen molar-refractivity contribution in [1.82, 2.24) is 0 Å². The molecule has 0 aromatic rings. The Balaban J connectivity index is 5.24. The monoisotopic (exact) mass is 223 g/mol. The molecule has 0 saturated carbocycles. The van der Waals surface area contributed by atoms with Gasteiger partial charge in [0.15, 0.2) is 5.41 Å². The first-order chi connectivity index (χ1) is 7.58. The van der Waals surface area contributed by atoms with E-state index in [1.807, 2.05) is 26.8 Å². The van der Waals surface area contributed by atoms with E-state index in [-0.39, 0.29) is 0 Å². The molecule has 0 heterocycles. The van der Waals surface area contributed by atoms with Crippen molar-refractivity contribution in [2.24, 2.45) is 5.41 Å². The summed E-state index contributed by atoms with van der Waals surface area (Å²) in [4.78, 5) is 11.9. The number of ether oxygens (including phenoxy) is 1. The Morgan fingerprint density at radius 1 is 1.44 bits per heavy atom. The van der Waals surface area contributed by atoms with Gasteiger partial charge in [-0.25, -0.2) is 4.79 Å². The lowest BCUT2D eigenvalue weighted by Crippen LogP contribution is -2.33. The number of carbonyl (C=O) groups is 1. The van der Waals surface area contributed by atoms with Crippen LogP contribution in [-0.2, 0) is 9.53 Å². The van der Waals surface area contributed by atoms with Crippen LogP contribution in [0.5, 0.6) is 0 Å². The lowest BCUT2D eigenvalue weighted by atomic mass is 9.78. The standard InChI is InChI=1S/C13H21NO2/c1-5-8-11(4)13(10-14,9-6-2)12(15)16-7-3/h8H,5-7,9H2,1-4H3. The first-order valence-electron chi connectivity index (χ1n) is 5.84. The van der Waals surface area contributed by atoms with Gasteiger partial charge in [-0.1, -0.05) is 26.3 Å². The van der Waals surface area contributed by atoms with E-state index in [2.05, 4.69) is 6.07 Å². The number of nitrogens with zero attached hydrogens (tertiary/aromatic N) is 1. The summed E-state index contributed by atoms with van der Waals surface area (Å²) < 4.78 is 5.02. The predicted molar refractivity (Wildman–Crippen MR) is 63.6 cm³/mol. The highest BCUT2D eigenvalue weighted by Gasteiger charge is 2.41. The fraction of sp³-hybridized carbons (Fsp3) is 0.692. The lowest BCUT2D eigenvalue weighted by Gasteiger charge is -2.24. The van der Waals surface area contributed by atoms with E-state index in [0.29, 0.717) is 13.0 Å². The molecule has 0 aromatic heterocycles. The van der Waals surface area contributed by atoms with Crippen molar-refractivity contribution in [3.8, 4) is 6.07 Å². The van der Waals surface area contributed by atoms with Crippen molar-refractivity contribution in [2.75, 3.05) is 6.61 Å². The maximum Gasteiger partial charge on any atom is 0.330 e. The zero-order valence-corrected chi connectivity index (χ0v) is 10.7. The zero-order valence-electron chi connectivity index (χ0n) is 10.7. The number of nitriles is 1. The van der Waals surface area contributed by atoms with Crippen LogP contribution in [0, 0.1) is 16.7 Å². The molecule has 0 rings (SSSR count). The summed E-state index contributed by atoms with van der Waals surface area (Å²) in [7, 11) is 0. The van der Waals surface area contributed by atoms with Gasteiger partial charge in [-0.3, -0.25) is 0 Å². The second-order valence-electron chi connectivity index (χ2n) is 3.78. The Morgan fingerprint density at radius 2 is 2.06 bits per heavy atom.